The first-order valence-corrected chi connectivity index (χ1v) is 12.6. The van der Waals surface area contributed by atoms with Crippen LogP contribution in [-0.2, 0) is 22.6 Å². The van der Waals surface area contributed by atoms with Crippen LogP contribution in [0.5, 0.6) is 0 Å². The standard InChI is InChI=1S/C30H32ClNO3/c1-22(31)20-30(15-5-6-16-30)28(33)19-26(29(34)32-21-27-10-7-17-35-27)18-23-11-13-25(14-12-23)24-8-3-2-4-9-24/h2-4,7-14,17,26H,1,5-6,15-16,18-21H2,(H,32,34)/t26-/m1/s1. The van der Waals surface area contributed by atoms with Gasteiger partial charge in [0.05, 0.1) is 12.8 Å². The van der Waals surface area contributed by atoms with Crippen LogP contribution < -0.4 is 5.32 Å². The summed E-state index contributed by atoms with van der Waals surface area (Å²) in [6.07, 6.45) is 6.38. The Kier molecular flexibility index (Phi) is 8.25. The Morgan fingerprint density at radius 3 is 2.29 bits per heavy atom. The highest BCUT2D eigenvalue weighted by Crippen LogP contribution is 2.45. The molecule has 1 aliphatic rings. The second-order valence-corrected chi connectivity index (χ2v) is 10.1. The van der Waals surface area contributed by atoms with Crippen molar-refractivity contribution in [3.63, 3.8) is 0 Å². The monoisotopic (exact) mass is 489 g/mol. The van der Waals surface area contributed by atoms with Crippen molar-refractivity contribution in [2.75, 3.05) is 0 Å². The minimum absolute atomic E-state index is 0.121. The number of Topliss-reactive ketones (excluding diaryl/α,β-unsaturated/α-hetero) is 1. The van der Waals surface area contributed by atoms with Crippen molar-refractivity contribution in [2.45, 2.75) is 51.5 Å². The minimum atomic E-state index is -0.491. The van der Waals surface area contributed by atoms with Gasteiger partial charge in [0, 0.05) is 22.8 Å². The summed E-state index contributed by atoms with van der Waals surface area (Å²) in [4.78, 5) is 26.8. The van der Waals surface area contributed by atoms with Crippen LogP contribution in [0.15, 0.2) is 89.0 Å². The van der Waals surface area contributed by atoms with Gasteiger partial charge >= 0.3 is 0 Å². The molecule has 5 heteroatoms. The molecule has 0 saturated heterocycles. The molecule has 1 heterocycles. The fourth-order valence-electron chi connectivity index (χ4n) is 5.15. The van der Waals surface area contributed by atoms with Gasteiger partial charge in [0.1, 0.15) is 11.5 Å². The summed E-state index contributed by atoms with van der Waals surface area (Å²) < 4.78 is 5.35. The number of nitrogens with one attached hydrogen (secondary N) is 1. The number of benzene rings is 2. The molecule has 0 radical (unpaired) electrons. The van der Waals surface area contributed by atoms with Gasteiger partial charge in [0.15, 0.2) is 0 Å². The summed E-state index contributed by atoms with van der Waals surface area (Å²) in [6.45, 7) is 4.14. The number of halogens is 1. The van der Waals surface area contributed by atoms with E-state index in [2.05, 4.69) is 36.2 Å². The predicted octanol–water partition coefficient (Wildman–Crippen LogP) is 7.08. The molecule has 0 bridgehead atoms. The fraction of sp³-hybridized carbons (Fsp3) is 0.333. The Hall–Kier alpha value is -3.11. The second-order valence-electron chi connectivity index (χ2n) is 9.57. The molecule has 1 aliphatic carbocycles. The number of allylic oxidation sites excluding steroid dienone is 1. The molecule has 1 amide bonds. The first-order chi connectivity index (χ1) is 16.9. The summed E-state index contributed by atoms with van der Waals surface area (Å²) in [6, 6.07) is 22.0. The molecule has 4 nitrogen and oxygen atoms in total. The van der Waals surface area contributed by atoms with Gasteiger partial charge in [-0.1, -0.05) is 85.6 Å². The molecular weight excluding hydrogens is 458 g/mol. The SMILES string of the molecule is C=C(Cl)CC1(C(=O)C[C@@H](Cc2ccc(-c3ccccc3)cc2)C(=O)NCc2ccco2)CCCC1. The third-order valence-electron chi connectivity index (χ3n) is 7.05. The van der Waals surface area contributed by atoms with Crippen LogP contribution in [-0.4, -0.2) is 11.7 Å². The van der Waals surface area contributed by atoms with Crippen molar-refractivity contribution >= 4 is 23.3 Å². The van der Waals surface area contributed by atoms with E-state index in [4.69, 9.17) is 16.0 Å². The van der Waals surface area contributed by atoms with Crippen molar-refractivity contribution in [3.8, 4) is 11.1 Å². The van der Waals surface area contributed by atoms with Crippen molar-refractivity contribution in [3.05, 3.63) is 95.9 Å². The van der Waals surface area contributed by atoms with E-state index in [1.165, 1.54) is 0 Å². The average molecular weight is 490 g/mol. The maximum absolute atomic E-state index is 13.6. The topological polar surface area (TPSA) is 59.3 Å². The molecule has 3 aromatic rings. The van der Waals surface area contributed by atoms with E-state index in [1.54, 1.807) is 12.3 Å². The van der Waals surface area contributed by atoms with Gasteiger partial charge in [-0.05, 0) is 54.5 Å². The lowest BCUT2D eigenvalue weighted by Crippen LogP contribution is -2.37. The van der Waals surface area contributed by atoms with Gasteiger partial charge in [-0.25, -0.2) is 0 Å². The highest BCUT2D eigenvalue weighted by molar-refractivity contribution is 6.29. The highest BCUT2D eigenvalue weighted by Gasteiger charge is 2.42. The highest BCUT2D eigenvalue weighted by atomic mass is 35.5. The third kappa shape index (κ3) is 6.52. The number of hydrogen-bond acceptors (Lipinski definition) is 3. The lowest BCUT2D eigenvalue weighted by atomic mass is 9.74. The molecule has 0 aliphatic heterocycles. The molecule has 2 aromatic carbocycles. The van der Waals surface area contributed by atoms with E-state index in [9.17, 15) is 9.59 Å². The minimum Gasteiger partial charge on any atom is -0.467 e. The summed E-state index contributed by atoms with van der Waals surface area (Å²) in [5.41, 5.74) is 2.80. The maximum atomic E-state index is 13.6. The molecule has 1 fully saturated rings. The Balaban J connectivity index is 1.51. The normalized spacial score (nSPS) is 15.5. The lowest BCUT2D eigenvalue weighted by Gasteiger charge is -2.29. The molecule has 0 unspecified atom stereocenters. The number of carbonyl (C=O) groups is 2. The number of carbonyl (C=O) groups excluding carboxylic acids is 2. The van der Waals surface area contributed by atoms with Crippen LogP contribution >= 0.6 is 11.6 Å². The Morgan fingerprint density at radius 2 is 1.66 bits per heavy atom. The quantitative estimate of drug-likeness (QED) is 0.313. The largest absolute Gasteiger partial charge is 0.467 e. The Bertz CT molecular complexity index is 1130. The lowest BCUT2D eigenvalue weighted by molar-refractivity contribution is -0.134. The Morgan fingerprint density at radius 1 is 0.971 bits per heavy atom. The molecule has 1 saturated carbocycles. The predicted molar refractivity (Wildman–Crippen MR) is 140 cm³/mol. The average Bonchev–Trinajstić information content (AvgIpc) is 3.56. The number of hydrogen-bond donors (Lipinski definition) is 1. The molecule has 1 atom stereocenters. The molecule has 182 valence electrons. The van der Waals surface area contributed by atoms with Crippen LogP contribution in [0.4, 0.5) is 0 Å². The van der Waals surface area contributed by atoms with E-state index in [-0.39, 0.29) is 18.1 Å². The summed E-state index contributed by atoms with van der Waals surface area (Å²) in [5, 5.41) is 3.47. The van der Waals surface area contributed by atoms with Crippen molar-refractivity contribution in [2.24, 2.45) is 11.3 Å². The number of ketones is 1. The van der Waals surface area contributed by atoms with Crippen molar-refractivity contribution in [1.29, 1.82) is 0 Å². The van der Waals surface area contributed by atoms with Gasteiger partial charge < -0.3 is 9.73 Å². The van der Waals surface area contributed by atoms with Gasteiger partial charge in [-0.15, -0.1) is 0 Å². The van der Waals surface area contributed by atoms with Crippen LogP contribution in [0.1, 0.15) is 49.8 Å². The second kappa shape index (κ2) is 11.5. The third-order valence-corrected chi connectivity index (χ3v) is 7.18. The maximum Gasteiger partial charge on any atom is 0.224 e. The zero-order valence-corrected chi connectivity index (χ0v) is 20.7. The van der Waals surface area contributed by atoms with E-state index < -0.39 is 11.3 Å². The summed E-state index contributed by atoms with van der Waals surface area (Å²) in [5.74, 6) is 0.193. The van der Waals surface area contributed by atoms with Crippen LogP contribution in [0.2, 0.25) is 0 Å². The van der Waals surface area contributed by atoms with Gasteiger partial charge in [-0.2, -0.15) is 0 Å². The van der Waals surface area contributed by atoms with Gasteiger partial charge in [0.2, 0.25) is 5.91 Å². The zero-order chi connectivity index (χ0) is 24.7. The first-order valence-electron chi connectivity index (χ1n) is 12.3. The van der Waals surface area contributed by atoms with Gasteiger partial charge in [0.25, 0.3) is 0 Å². The van der Waals surface area contributed by atoms with Crippen molar-refractivity contribution < 1.29 is 14.0 Å². The summed E-state index contributed by atoms with van der Waals surface area (Å²) in [7, 11) is 0. The summed E-state index contributed by atoms with van der Waals surface area (Å²) >= 11 is 6.16. The molecule has 35 heavy (non-hydrogen) atoms. The van der Waals surface area contributed by atoms with E-state index in [0.717, 1.165) is 42.4 Å². The van der Waals surface area contributed by atoms with Crippen LogP contribution in [0.3, 0.4) is 0 Å². The van der Waals surface area contributed by atoms with E-state index in [0.29, 0.717) is 30.2 Å². The van der Waals surface area contributed by atoms with E-state index >= 15 is 0 Å². The molecule has 1 aromatic heterocycles. The number of rotatable bonds is 11. The first kappa shape index (κ1) is 25.0. The smallest absolute Gasteiger partial charge is 0.224 e. The van der Waals surface area contributed by atoms with Crippen LogP contribution in [0, 0.1) is 11.3 Å². The van der Waals surface area contributed by atoms with Crippen molar-refractivity contribution in [1.82, 2.24) is 5.32 Å². The number of furan rings is 1. The molecule has 4 rings (SSSR count). The molecular formula is C30H32ClNO3. The molecule has 1 N–H and O–H groups in total. The Labute approximate surface area is 212 Å². The van der Waals surface area contributed by atoms with Gasteiger partial charge in [-0.3, -0.25) is 9.59 Å². The van der Waals surface area contributed by atoms with Crippen LogP contribution in [0.25, 0.3) is 11.1 Å². The molecule has 0 spiro atoms. The van der Waals surface area contributed by atoms with E-state index in [1.807, 2.05) is 36.4 Å². The fourth-order valence-corrected chi connectivity index (χ4v) is 5.41. The number of amides is 1. The zero-order valence-electron chi connectivity index (χ0n) is 20.0.